The molecule has 2 aromatic rings. The van der Waals surface area contributed by atoms with Gasteiger partial charge in [-0.15, -0.1) is 12.4 Å². The minimum absolute atomic E-state index is 0. The van der Waals surface area contributed by atoms with Gasteiger partial charge in [0.25, 0.3) is 5.91 Å². The number of aryl methyl sites for hydroxylation is 1. The molecule has 0 atom stereocenters. The zero-order chi connectivity index (χ0) is 18.0. The molecule has 1 aliphatic heterocycles. The van der Waals surface area contributed by atoms with Crippen LogP contribution in [0.1, 0.15) is 27.9 Å². The summed E-state index contributed by atoms with van der Waals surface area (Å²) in [4.78, 5) is 12.4. The van der Waals surface area contributed by atoms with Crippen LogP contribution in [0.5, 0.6) is 0 Å². The van der Waals surface area contributed by atoms with Crippen molar-refractivity contribution in [1.82, 2.24) is 0 Å². The summed E-state index contributed by atoms with van der Waals surface area (Å²) in [5.41, 5.74) is 9.07. The molecule has 1 aliphatic rings. The van der Waals surface area contributed by atoms with Crippen LogP contribution in [-0.2, 0) is 16.6 Å². The number of sulfonamides is 1. The fourth-order valence-electron chi connectivity index (χ4n) is 2.86. The molecule has 0 bridgehead atoms. The van der Waals surface area contributed by atoms with Crippen molar-refractivity contribution in [3.8, 4) is 0 Å². The van der Waals surface area contributed by atoms with Crippen molar-refractivity contribution < 1.29 is 13.2 Å². The van der Waals surface area contributed by atoms with Crippen LogP contribution in [0.15, 0.2) is 42.5 Å². The van der Waals surface area contributed by atoms with E-state index in [9.17, 15) is 13.2 Å². The van der Waals surface area contributed by atoms with E-state index in [0.29, 0.717) is 36.4 Å². The third-order valence-corrected chi connectivity index (χ3v) is 6.14. The molecule has 0 radical (unpaired) electrons. The molecule has 8 heteroatoms. The molecular weight excluding hydrogens is 374 g/mol. The van der Waals surface area contributed by atoms with Gasteiger partial charge in [0.15, 0.2) is 0 Å². The summed E-state index contributed by atoms with van der Waals surface area (Å²) in [6, 6.07) is 12.4. The average molecular weight is 396 g/mol. The number of halogens is 1. The number of hydrogen-bond acceptors (Lipinski definition) is 4. The van der Waals surface area contributed by atoms with Gasteiger partial charge in [-0.1, -0.05) is 18.2 Å². The predicted octanol–water partition coefficient (Wildman–Crippen LogP) is 2.67. The first-order valence-electron chi connectivity index (χ1n) is 8.12. The third kappa shape index (κ3) is 4.17. The van der Waals surface area contributed by atoms with Crippen LogP contribution < -0.4 is 15.4 Å². The summed E-state index contributed by atoms with van der Waals surface area (Å²) in [5, 5.41) is 2.82. The number of benzene rings is 2. The molecule has 0 unspecified atom stereocenters. The smallest absolute Gasteiger partial charge is 0.255 e. The van der Waals surface area contributed by atoms with Crippen molar-refractivity contribution in [2.75, 3.05) is 21.9 Å². The van der Waals surface area contributed by atoms with Gasteiger partial charge >= 0.3 is 0 Å². The Morgan fingerprint density at radius 3 is 2.46 bits per heavy atom. The van der Waals surface area contributed by atoms with Gasteiger partial charge in [-0.2, -0.15) is 0 Å². The number of anilines is 2. The number of nitrogens with zero attached hydrogens (tertiary/aromatic N) is 1. The second-order valence-electron chi connectivity index (χ2n) is 6.10. The molecule has 0 saturated carbocycles. The Hall–Kier alpha value is -2.09. The van der Waals surface area contributed by atoms with Crippen LogP contribution in [0.3, 0.4) is 0 Å². The lowest BCUT2D eigenvalue weighted by molar-refractivity contribution is 0.102. The second kappa shape index (κ2) is 8.07. The largest absolute Gasteiger partial charge is 0.326 e. The maximum absolute atomic E-state index is 12.4. The van der Waals surface area contributed by atoms with Crippen LogP contribution in [0.25, 0.3) is 0 Å². The SMILES string of the molecule is Cc1ccc(NC(=O)c2ccc(CN)cc2)cc1N1CCCS1(=O)=O.Cl. The number of carbonyl (C=O) groups excluding carboxylic acids is 1. The molecule has 3 rings (SSSR count). The Morgan fingerprint density at radius 1 is 1.19 bits per heavy atom. The van der Waals surface area contributed by atoms with Crippen molar-refractivity contribution in [3.63, 3.8) is 0 Å². The van der Waals surface area contributed by atoms with E-state index >= 15 is 0 Å². The van der Waals surface area contributed by atoms with Crippen molar-refractivity contribution >= 4 is 39.7 Å². The highest BCUT2D eigenvalue weighted by atomic mass is 35.5. The second-order valence-corrected chi connectivity index (χ2v) is 8.11. The number of nitrogens with two attached hydrogens (primary N) is 1. The normalized spacial score (nSPS) is 15.4. The zero-order valence-electron chi connectivity index (χ0n) is 14.4. The Labute approximate surface area is 159 Å². The molecule has 1 amide bonds. The number of hydrogen-bond donors (Lipinski definition) is 2. The zero-order valence-corrected chi connectivity index (χ0v) is 16.1. The lowest BCUT2D eigenvalue weighted by Crippen LogP contribution is -2.26. The number of rotatable bonds is 4. The Balaban J connectivity index is 0.00000243. The van der Waals surface area contributed by atoms with Crippen molar-refractivity contribution in [2.45, 2.75) is 19.9 Å². The Kier molecular flexibility index (Phi) is 6.28. The van der Waals surface area contributed by atoms with Crippen LogP contribution in [0.2, 0.25) is 0 Å². The lowest BCUT2D eigenvalue weighted by atomic mass is 10.1. The highest BCUT2D eigenvalue weighted by molar-refractivity contribution is 7.93. The minimum Gasteiger partial charge on any atom is -0.326 e. The van der Waals surface area contributed by atoms with E-state index in [1.165, 1.54) is 4.31 Å². The van der Waals surface area contributed by atoms with E-state index in [2.05, 4.69) is 5.32 Å². The molecule has 0 spiro atoms. The van der Waals surface area contributed by atoms with Crippen molar-refractivity contribution in [2.24, 2.45) is 5.73 Å². The minimum atomic E-state index is -3.26. The predicted molar refractivity (Wildman–Crippen MR) is 106 cm³/mol. The van der Waals surface area contributed by atoms with E-state index in [1.54, 1.807) is 24.3 Å². The third-order valence-electron chi connectivity index (χ3n) is 4.29. The molecule has 6 nitrogen and oxygen atoms in total. The number of amides is 1. The summed E-state index contributed by atoms with van der Waals surface area (Å²) < 4.78 is 25.7. The highest BCUT2D eigenvalue weighted by Gasteiger charge is 2.29. The van der Waals surface area contributed by atoms with Crippen LogP contribution >= 0.6 is 12.4 Å². The monoisotopic (exact) mass is 395 g/mol. The summed E-state index contributed by atoms with van der Waals surface area (Å²) in [5.74, 6) is -0.0843. The lowest BCUT2D eigenvalue weighted by Gasteiger charge is -2.20. The van der Waals surface area contributed by atoms with Crippen LogP contribution in [0.4, 0.5) is 11.4 Å². The van der Waals surface area contributed by atoms with Gasteiger partial charge in [0.2, 0.25) is 10.0 Å². The highest BCUT2D eigenvalue weighted by Crippen LogP contribution is 2.30. The molecular formula is C18H22ClN3O3S. The van der Waals surface area contributed by atoms with Gasteiger partial charge in [0, 0.05) is 24.3 Å². The molecule has 0 aliphatic carbocycles. The number of carbonyl (C=O) groups is 1. The molecule has 1 saturated heterocycles. The first kappa shape index (κ1) is 20.2. The standard InChI is InChI=1S/C18H21N3O3S.ClH/c1-13-3-8-16(11-17(13)21-9-2-10-25(21,23)24)20-18(22)15-6-4-14(12-19)5-7-15;/h3-8,11H,2,9-10,12,19H2,1H3,(H,20,22);1H. The maximum Gasteiger partial charge on any atom is 0.255 e. The average Bonchev–Trinajstić information content (AvgIpc) is 2.95. The van der Waals surface area contributed by atoms with E-state index in [4.69, 9.17) is 5.73 Å². The van der Waals surface area contributed by atoms with Gasteiger partial charge in [-0.3, -0.25) is 9.10 Å². The van der Waals surface area contributed by atoms with Gasteiger partial charge < -0.3 is 11.1 Å². The molecule has 0 aromatic heterocycles. The molecule has 26 heavy (non-hydrogen) atoms. The van der Waals surface area contributed by atoms with E-state index in [1.807, 2.05) is 25.1 Å². The van der Waals surface area contributed by atoms with E-state index in [-0.39, 0.29) is 24.1 Å². The first-order chi connectivity index (χ1) is 11.9. The fraction of sp³-hybridized carbons (Fsp3) is 0.278. The molecule has 1 fully saturated rings. The van der Waals surface area contributed by atoms with Crippen molar-refractivity contribution in [1.29, 1.82) is 0 Å². The first-order valence-corrected chi connectivity index (χ1v) is 9.73. The summed E-state index contributed by atoms with van der Waals surface area (Å²) >= 11 is 0. The quantitative estimate of drug-likeness (QED) is 0.832. The molecule has 1 heterocycles. The number of nitrogens with one attached hydrogen (secondary N) is 1. The van der Waals surface area contributed by atoms with Crippen LogP contribution in [-0.4, -0.2) is 26.6 Å². The maximum atomic E-state index is 12.4. The van der Waals surface area contributed by atoms with E-state index in [0.717, 1.165) is 11.1 Å². The molecule has 3 N–H and O–H groups in total. The van der Waals surface area contributed by atoms with Gasteiger partial charge in [0.1, 0.15) is 0 Å². The molecule has 2 aromatic carbocycles. The van der Waals surface area contributed by atoms with Gasteiger partial charge in [-0.05, 0) is 48.7 Å². The summed E-state index contributed by atoms with van der Waals surface area (Å²) in [6.07, 6.45) is 0.617. The van der Waals surface area contributed by atoms with Gasteiger partial charge in [-0.25, -0.2) is 8.42 Å². The van der Waals surface area contributed by atoms with Crippen LogP contribution in [0, 0.1) is 6.92 Å². The Bertz CT molecular complexity index is 898. The topological polar surface area (TPSA) is 92.5 Å². The molecule has 140 valence electrons. The van der Waals surface area contributed by atoms with E-state index < -0.39 is 10.0 Å². The Morgan fingerprint density at radius 2 is 1.88 bits per heavy atom. The fourth-order valence-corrected chi connectivity index (χ4v) is 4.48. The van der Waals surface area contributed by atoms with Gasteiger partial charge in [0.05, 0.1) is 11.4 Å². The van der Waals surface area contributed by atoms with Crippen molar-refractivity contribution in [3.05, 3.63) is 59.2 Å². The summed E-state index contributed by atoms with van der Waals surface area (Å²) in [7, 11) is -3.26. The summed E-state index contributed by atoms with van der Waals surface area (Å²) in [6.45, 7) is 2.76.